The summed E-state index contributed by atoms with van der Waals surface area (Å²) in [4.78, 5) is 28.8. The average Bonchev–Trinajstić information content (AvgIpc) is 2.72. The molecule has 1 unspecified atom stereocenters. The molecule has 0 bridgehead atoms. The molecule has 5 heteroatoms. The lowest BCUT2D eigenvalue weighted by Crippen LogP contribution is -2.52. The van der Waals surface area contributed by atoms with Crippen LogP contribution in [-0.4, -0.2) is 35.1 Å². The summed E-state index contributed by atoms with van der Waals surface area (Å²) in [6.07, 6.45) is 1.96. The quantitative estimate of drug-likeness (QED) is 0.522. The van der Waals surface area contributed by atoms with Gasteiger partial charge in [0.2, 0.25) is 11.8 Å². The van der Waals surface area contributed by atoms with Crippen molar-refractivity contribution >= 4 is 23.6 Å². The van der Waals surface area contributed by atoms with Crippen molar-refractivity contribution in [3.63, 3.8) is 0 Å². The smallest absolute Gasteiger partial charge is 0.243 e. The lowest BCUT2D eigenvalue weighted by Gasteiger charge is -2.36. The third-order valence-electron chi connectivity index (χ3n) is 5.09. The minimum Gasteiger partial charge on any atom is -0.354 e. The lowest BCUT2D eigenvalue weighted by atomic mass is 9.92. The van der Waals surface area contributed by atoms with E-state index in [9.17, 15) is 9.59 Å². The average molecular weight is 411 g/mol. The fourth-order valence-corrected chi connectivity index (χ4v) is 4.47. The zero-order valence-electron chi connectivity index (χ0n) is 17.3. The van der Waals surface area contributed by atoms with E-state index in [1.807, 2.05) is 44.2 Å². The Bertz CT molecular complexity index is 823. The Kier molecular flexibility index (Phi) is 7.76. The summed E-state index contributed by atoms with van der Waals surface area (Å²) in [5.41, 5.74) is 2.31. The van der Waals surface area contributed by atoms with Crippen LogP contribution in [0.2, 0.25) is 0 Å². The summed E-state index contributed by atoms with van der Waals surface area (Å²) in [5, 5.41) is 3.06. The number of fused-ring (bicyclic) bond motifs is 1. The van der Waals surface area contributed by atoms with Crippen LogP contribution in [-0.2, 0) is 22.6 Å². The molecule has 1 aliphatic rings. The Labute approximate surface area is 178 Å². The van der Waals surface area contributed by atoms with Gasteiger partial charge in [-0.15, -0.1) is 11.8 Å². The Morgan fingerprint density at radius 1 is 1.07 bits per heavy atom. The van der Waals surface area contributed by atoms with E-state index in [0.717, 1.165) is 17.7 Å². The number of benzene rings is 2. The maximum atomic E-state index is 12.9. The number of carbonyl (C=O) groups is 2. The Morgan fingerprint density at radius 2 is 1.76 bits per heavy atom. The second-order valence-electron chi connectivity index (χ2n) is 7.91. The predicted octanol–water partition coefficient (Wildman–Crippen LogP) is 4.28. The summed E-state index contributed by atoms with van der Waals surface area (Å²) < 4.78 is 0. The van der Waals surface area contributed by atoms with Gasteiger partial charge in [-0.05, 0) is 41.4 Å². The molecule has 0 aliphatic carbocycles. The largest absolute Gasteiger partial charge is 0.354 e. The fourth-order valence-electron chi connectivity index (χ4n) is 3.59. The number of hydrogen-bond donors (Lipinski definition) is 1. The van der Waals surface area contributed by atoms with Crippen molar-refractivity contribution in [1.29, 1.82) is 0 Å². The first-order chi connectivity index (χ1) is 14.0. The highest BCUT2D eigenvalue weighted by molar-refractivity contribution is 7.99. The third kappa shape index (κ3) is 6.10. The SMILES string of the molecule is CC(C)CC(=O)N1Cc2ccccc2CC1C(=O)NCCCSc1ccccc1. The van der Waals surface area contributed by atoms with Gasteiger partial charge < -0.3 is 10.2 Å². The second-order valence-corrected chi connectivity index (χ2v) is 9.08. The van der Waals surface area contributed by atoms with Gasteiger partial charge in [-0.3, -0.25) is 9.59 Å². The standard InChI is InChI=1S/C24H30N2O2S/c1-18(2)15-23(27)26-17-20-10-7-6-9-19(20)16-22(26)24(28)25-13-8-14-29-21-11-4-3-5-12-21/h3-7,9-12,18,22H,8,13-17H2,1-2H3,(H,25,28). The molecule has 0 aromatic heterocycles. The number of thioether (sulfide) groups is 1. The highest BCUT2D eigenvalue weighted by Crippen LogP contribution is 2.25. The van der Waals surface area contributed by atoms with Gasteiger partial charge in [0.1, 0.15) is 6.04 Å². The maximum Gasteiger partial charge on any atom is 0.243 e. The van der Waals surface area contributed by atoms with Crippen LogP contribution in [0.25, 0.3) is 0 Å². The van der Waals surface area contributed by atoms with E-state index in [1.54, 1.807) is 16.7 Å². The van der Waals surface area contributed by atoms with E-state index in [2.05, 4.69) is 29.6 Å². The molecule has 3 rings (SSSR count). The molecule has 1 heterocycles. The Balaban J connectivity index is 1.56. The van der Waals surface area contributed by atoms with Crippen LogP contribution in [0.3, 0.4) is 0 Å². The zero-order valence-corrected chi connectivity index (χ0v) is 18.1. The van der Waals surface area contributed by atoms with Gasteiger partial charge in [-0.1, -0.05) is 56.3 Å². The molecule has 1 N–H and O–H groups in total. The molecule has 2 aromatic rings. The molecule has 4 nitrogen and oxygen atoms in total. The zero-order chi connectivity index (χ0) is 20.6. The lowest BCUT2D eigenvalue weighted by molar-refractivity contribution is -0.142. The van der Waals surface area contributed by atoms with Crippen LogP contribution in [0.1, 0.15) is 37.8 Å². The molecule has 0 fully saturated rings. The van der Waals surface area contributed by atoms with Crippen molar-refractivity contribution in [3.8, 4) is 0 Å². The Hall–Kier alpha value is -2.27. The van der Waals surface area contributed by atoms with Crippen LogP contribution in [0, 0.1) is 5.92 Å². The van der Waals surface area contributed by atoms with Crippen molar-refractivity contribution in [1.82, 2.24) is 10.2 Å². The van der Waals surface area contributed by atoms with Crippen LogP contribution in [0.15, 0.2) is 59.5 Å². The number of carbonyl (C=O) groups excluding carboxylic acids is 2. The molecule has 2 amide bonds. The Morgan fingerprint density at radius 3 is 2.48 bits per heavy atom. The fraction of sp³-hybridized carbons (Fsp3) is 0.417. The predicted molar refractivity (Wildman–Crippen MR) is 119 cm³/mol. The van der Waals surface area contributed by atoms with Crippen molar-refractivity contribution in [2.24, 2.45) is 5.92 Å². The summed E-state index contributed by atoms with van der Waals surface area (Å²) in [7, 11) is 0. The van der Waals surface area contributed by atoms with Crippen molar-refractivity contribution in [3.05, 3.63) is 65.7 Å². The van der Waals surface area contributed by atoms with Crippen LogP contribution in [0.4, 0.5) is 0 Å². The molecule has 1 atom stereocenters. The number of hydrogen-bond acceptors (Lipinski definition) is 3. The van der Waals surface area contributed by atoms with Crippen LogP contribution < -0.4 is 5.32 Å². The second kappa shape index (κ2) is 10.5. The van der Waals surface area contributed by atoms with Crippen molar-refractivity contribution in [2.75, 3.05) is 12.3 Å². The summed E-state index contributed by atoms with van der Waals surface area (Å²) in [6.45, 7) is 5.22. The van der Waals surface area contributed by atoms with Gasteiger partial charge in [0, 0.05) is 30.8 Å². The van der Waals surface area contributed by atoms with Gasteiger partial charge in [0.15, 0.2) is 0 Å². The van der Waals surface area contributed by atoms with Gasteiger partial charge in [0.25, 0.3) is 0 Å². The minimum atomic E-state index is -0.419. The van der Waals surface area contributed by atoms with Gasteiger partial charge in [-0.25, -0.2) is 0 Å². The van der Waals surface area contributed by atoms with Crippen LogP contribution in [0.5, 0.6) is 0 Å². The van der Waals surface area contributed by atoms with Gasteiger partial charge >= 0.3 is 0 Å². The summed E-state index contributed by atoms with van der Waals surface area (Å²) in [6, 6.07) is 18.0. The molecule has 0 saturated heterocycles. The minimum absolute atomic E-state index is 0.0404. The molecule has 0 spiro atoms. The molecular formula is C24H30N2O2S. The number of nitrogens with zero attached hydrogens (tertiary/aromatic N) is 1. The monoisotopic (exact) mass is 410 g/mol. The van der Waals surface area contributed by atoms with Crippen LogP contribution >= 0.6 is 11.8 Å². The van der Waals surface area contributed by atoms with E-state index < -0.39 is 6.04 Å². The molecule has 0 saturated carbocycles. The van der Waals surface area contributed by atoms with E-state index in [1.165, 1.54) is 10.5 Å². The molecule has 29 heavy (non-hydrogen) atoms. The highest BCUT2D eigenvalue weighted by Gasteiger charge is 2.34. The van der Waals surface area contributed by atoms with E-state index in [0.29, 0.717) is 25.9 Å². The molecule has 2 aromatic carbocycles. The first-order valence-electron chi connectivity index (χ1n) is 10.4. The maximum absolute atomic E-state index is 12.9. The number of nitrogens with one attached hydrogen (secondary N) is 1. The number of amides is 2. The molecule has 154 valence electrons. The van der Waals surface area contributed by atoms with E-state index in [-0.39, 0.29) is 17.7 Å². The summed E-state index contributed by atoms with van der Waals surface area (Å²) in [5.74, 6) is 1.25. The van der Waals surface area contributed by atoms with E-state index >= 15 is 0 Å². The van der Waals surface area contributed by atoms with E-state index in [4.69, 9.17) is 0 Å². The molecular weight excluding hydrogens is 380 g/mol. The van der Waals surface area contributed by atoms with Gasteiger partial charge in [0.05, 0.1) is 0 Å². The molecule has 0 radical (unpaired) electrons. The first kappa shape index (κ1) is 21.4. The number of rotatable bonds is 8. The third-order valence-corrected chi connectivity index (χ3v) is 6.19. The summed E-state index contributed by atoms with van der Waals surface area (Å²) >= 11 is 1.79. The first-order valence-corrected chi connectivity index (χ1v) is 11.3. The van der Waals surface area contributed by atoms with Crippen molar-refractivity contribution in [2.45, 2.75) is 50.6 Å². The van der Waals surface area contributed by atoms with Crippen molar-refractivity contribution < 1.29 is 9.59 Å². The normalized spacial score (nSPS) is 15.8. The molecule has 1 aliphatic heterocycles. The van der Waals surface area contributed by atoms with Gasteiger partial charge in [-0.2, -0.15) is 0 Å². The highest BCUT2D eigenvalue weighted by atomic mass is 32.2. The topological polar surface area (TPSA) is 49.4 Å².